The molecule has 3 aromatic rings. The zero-order chi connectivity index (χ0) is 19.8. The van der Waals surface area contributed by atoms with Crippen molar-refractivity contribution in [2.24, 2.45) is 0 Å². The number of aryl methyl sites for hydroxylation is 2. The number of benzene rings is 1. The second-order valence-corrected chi connectivity index (χ2v) is 8.00. The summed E-state index contributed by atoms with van der Waals surface area (Å²) in [5.41, 5.74) is 4.91. The maximum Gasteiger partial charge on any atom is 0.256 e. The van der Waals surface area contributed by atoms with E-state index in [2.05, 4.69) is 38.0 Å². The van der Waals surface area contributed by atoms with Gasteiger partial charge in [0.25, 0.3) is 5.91 Å². The van der Waals surface area contributed by atoms with Crippen LogP contribution in [0.15, 0.2) is 48.8 Å². The number of hydrogen-bond donors (Lipinski definition) is 1. The number of fused-ring (bicyclic) bond motifs is 2. The molecule has 1 aliphatic carbocycles. The maximum atomic E-state index is 12.8. The van der Waals surface area contributed by atoms with Crippen LogP contribution in [0.2, 0.25) is 0 Å². The molecular formula is C24H22N4O. The Kier molecular flexibility index (Phi) is 4.21. The van der Waals surface area contributed by atoms with Gasteiger partial charge in [0, 0.05) is 52.8 Å². The molecule has 2 aromatic heterocycles. The van der Waals surface area contributed by atoms with Crippen LogP contribution in [-0.4, -0.2) is 20.7 Å². The quantitative estimate of drug-likeness (QED) is 0.680. The van der Waals surface area contributed by atoms with Crippen LogP contribution in [0.3, 0.4) is 0 Å². The SMILES string of the molecule is Cc1ccc(C(=O)Nc2cc3n(n2)CCCC32CC2)cc1C#Cc1cccnc1. The molecule has 3 heterocycles. The predicted octanol–water partition coefficient (Wildman–Crippen LogP) is 4.06. The normalized spacial score (nSPS) is 15.9. The minimum absolute atomic E-state index is 0.158. The Hall–Kier alpha value is -3.39. The molecule has 2 aliphatic rings. The Labute approximate surface area is 170 Å². The van der Waals surface area contributed by atoms with Crippen molar-refractivity contribution >= 4 is 11.7 Å². The standard InChI is InChI=1S/C24H22N4O/c1-17-5-7-20(14-19(17)8-6-18-4-2-12-25-16-18)23(29)26-22-15-21-24(10-11-24)9-3-13-28(21)27-22/h2,4-5,7,12,14-16H,3,9-11,13H2,1H3,(H,26,27,29). The molecule has 144 valence electrons. The number of carbonyl (C=O) groups excluding carboxylic acids is 1. The lowest BCUT2D eigenvalue weighted by Crippen LogP contribution is -2.21. The van der Waals surface area contributed by atoms with Gasteiger partial charge < -0.3 is 5.32 Å². The minimum atomic E-state index is -0.158. The van der Waals surface area contributed by atoms with Gasteiger partial charge in [0.15, 0.2) is 5.82 Å². The smallest absolute Gasteiger partial charge is 0.256 e. The molecule has 29 heavy (non-hydrogen) atoms. The fourth-order valence-corrected chi connectivity index (χ4v) is 4.09. The molecular weight excluding hydrogens is 360 g/mol. The first-order valence-electron chi connectivity index (χ1n) is 10.1. The van der Waals surface area contributed by atoms with Crippen molar-refractivity contribution in [1.29, 1.82) is 0 Å². The van der Waals surface area contributed by atoms with Gasteiger partial charge in [-0.3, -0.25) is 14.5 Å². The van der Waals surface area contributed by atoms with Crippen molar-refractivity contribution in [3.63, 3.8) is 0 Å². The monoisotopic (exact) mass is 382 g/mol. The Morgan fingerprint density at radius 2 is 2.07 bits per heavy atom. The third-order valence-corrected chi connectivity index (χ3v) is 5.95. The Balaban J connectivity index is 1.37. The molecule has 1 spiro atoms. The highest BCUT2D eigenvalue weighted by Crippen LogP contribution is 2.54. The third-order valence-electron chi connectivity index (χ3n) is 5.95. The van der Waals surface area contributed by atoms with Gasteiger partial charge in [0.2, 0.25) is 0 Å². The molecule has 0 atom stereocenters. The fraction of sp³-hybridized carbons (Fsp3) is 0.292. The summed E-state index contributed by atoms with van der Waals surface area (Å²) in [6.07, 6.45) is 8.33. The number of nitrogens with one attached hydrogen (secondary N) is 1. The second kappa shape index (κ2) is 6.89. The number of rotatable bonds is 2. The van der Waals surface area contributed by atoms with E-state index in [-0.39, 0.29) is 5.91 Å². The van der Waals surface area contributed by atoms with Crippen LogP contribution >= 0.6 is 0 Å². The summed E-state index contributed by atoms with van der Waals surface area (Å²) in [6.45, 7) is 2.93. The Bertz CT molecular complexity index is 1150. The molecule has 5 rings (SSSR count). The second-order valence-electron chi connectivity index (χ2n) is 8.00. The zero-order valence-electron chi connectivity index (χ0n) is 16.4. The molecule has 1 aromatic carbocycles. The van der Waals surface area contributed by atoms with Gasteiger partial charge in [-0.1, -0.05) is 17.9 Å². The van der Waals surface area contributed by atoms with Crippen LogP contribution in [0.5, 0.6) is 0 Å². The van der Waals surface area contributed by atoms with Gasteiger partial charge in [-0.25, -0.2) is 0 Å². The summed E-state index contributed by atoms with van der Waals surface area (Å²) in [7, 11) is 0. The van der Waals surface area contributed by atoms with Crippen LogP contribution < -0.4 is 5.32 Å². The lowest BCUT2D eigenvalue weighted by Gasteiger charge is -2.22. The zero-order valence-corrected chi connectivity index (χ0v) is 16.4. The highest BCUT2D eigenvalue weighted by Gasteiger charge is 2.48. The van der Waals surface area contributed by atoms with E-state index in [1.165, 1.54) is 31.4 Å². The third kappa shape index (κ3) is 3.42. The van der Waals surface area contributed by atoms with Gasteiger partial charge in [0.05, 0.1) is 0 Å². The first kappa shape index (κ1) is 17.7. The van der Waals surface area contributed by atoms with Crippen molar-refractivity contribution in [2.75, 3.05) is 5.32 Å². The van der Waals surface area contributed by atoms with Gasteiger partial charge >= 0.3 is 0 Å². The number of anilines is 1. The minimum Gasteiger partial charge on any atom is -0.305 e. The van der Waals surface area contributed by atoms with Crippen LogP contribution in [0, 0.1) is 18.8 Å². The van der Waals surface area contributed by atoms with Gasteiger partial charge in [-0.2, -0.15) is 5.10 Å². The molecule has 1 fully saturated rings. The van der Waals surface area contributed by atoms with E-state index in [0.29, 0.717) is 16.8 Å². The summed E-state index contributed by atoms with van der Waals surface area (Å²) >= 11 is 0. The number of carbonyl (C=O) groups is 1. The van der Waals surface area contributed by atoms with Gasteiger partial charge in [0.1, 0.15) is 0 Å². The summed E-state index contributed by atoms with van der Waals surface area (Å²) in [6, 6.07) is 11.4. The van der Waals surface area contributed by atoms with Crippen LogP contribution in [0.4, 0.5) is 5.82 Å². The Morgan fingerprint density at radius 3 is 2.86 bits per heavy atom. The predicted molar refractivity (Wildman–Crippen MR) is 112 cm³/mol. The summed E-state index contributed by atoms with van der Waals surface area (Å²) in [5, 5.41) is 7.59. The van der Waals surface area contributed by atoms with Crippen molar-refractivity contribution in [1.82, 2.24) is 14.8 Å². The van der Waals surface area contributed by atoms with E-state index in [1.54, 1.807) is 12.4 Å². The number of nitrogens with zero attached hydrogens (tertiary/aromatic N) is 3. The summed E-state index contributed by atoms with van der Waals surface area (Å²) in [4.78, 5) is 16.9. The number of amides is 1. The molecule has 0 radical (unpaired) electrons. The van der Waals surface area contributed by atoms with Gasteiger partial charge in [-0.15, -0.1) is 0 Å². The molecule has 5 heteroatoms. The molecule has 0 unspecified atom stereocenters. The van der Waals surface area contributed by atoms with E-state index < -0.39 is 0 Å². The van der Waals surface area contributed by atoms with E-state index in [4.69, 9.17) is 0 Å². The summed E-state index contributed by atoms with van der Waals surface area (Å²) in [5.74, 6) is 6.75. The molecule has 1 aliphatic heterocycles. The van der Waals surface area contributed by atoms with Crippen LogP contribution in [-0.2, 0) is 12.0 Å². The number of pyridine rings is 1. The highest BCUT2D eigenvalue weighted by molar-refractivity contribution is 6.04. The lowest BCUT2D eigenvalue weighted by molar-refractivity contribution is 0.102. The number of aromatic nitrogens is 3. The number of hydrogen-bond acceptors (Lipinski definition) is 3. The molecule has 1 saturated carbocycles. The topological polar surface area (TPSA) is 59.8 Å². The van der Waals surface area contributed by atoms with Crippen molar-refractivity contribution in [3.8, 4) is 11.8 Å². The average Bonchev–Trinajstić information content (AvgIpc) is 3.37. The van der Waals surface area contributed by atoms with E-state index in [0.717, 1.165) is 23.2 Å². The first-order chi connectivity index (χ1) is 14.1. The summed E-state index contributed by atoms with van der Waals surface area (Å²) < 4.78 is 2.08. The fourth-order valence-electron chi connectivity index (χ4n) is 4.09. The van der Waals surface area contributed by atoms with Gasteiger partial charge in [-0.05, 0) is 62.4 Å². The highest BCUT2D eigenvalue weighted by atomic mass is 16.1. The van der Waals surface area contributed by atoms with Crippen molar-refractivity contribution in [2.45, 2.75) is 44.6 Å². The van der Waals surface area contributed by atoms with Crippen molar-refractivity contribution < 1.29 is 4.79 Å². The van der Waals surface area contributed by atoms with Crippen molar-refractivity contribution in [3.05, 3.63) is 76.7 Å². The van der Waals surface area contributed by atoms with Crippen LogP contribution in [0.25, 0.3) is 0 Å². The molecule has 0 bridgehead atoms. The van der Waals surface area contributed by atoms with Crippen LogP contribution in [0.1, 0.15) is 58.4 Å². The molecule has 5 nitrogen and oxygen atoms in total. The van der Waals surface area contributed by atoms with E-state index >= 15 is 0 Å². The molecule has 0 saturated heterocycles. The molecule has 1 amide bonds. The first-order valence-corrected chi connectivity index (χ1v) is 10.1. The lowest BCUT2D eigenvalue weighted by atomic mass is 9.93. The Morgan fingerprint density at radius 1 is 1.17 bits per heavy atom. The molecule has 1 N–H and O–H groups in total. The van der Waals surface area contributed by atoms with E-state index in [1.807, 2.05) is 37.3 Å². The average molecular weight is 382 g/mol. The largest absolute Gasteiger partial charge is 0.305 e. The van der Waals surface area contributed by atoms with E-state index in [9.17, 15) is 4.79 Å². The maximum absolute atomic E-state index is 12.8.